The molecule has 3 N–H and O–H groups in total. The molecular weight excluding hydrogens is 419 g/mol. The Balaban J connectivity index is 0.000000410. The fourth-order valence-corrected chi connectivity index (χ4v) is 2.69. The third-order valence-corrected chi connectivity index (χ3v) is 5.63. The van der Waals surface area contributed by atoms with Gasteiger partial charge in [-0.3, -0.25) is 0 Å². The number of phosphoric acid groups is 1. The van der Waals surface area contributed by atoms with Crippen molar-refractivity contribution >= 4 is 7.82 Å². The molecule has 0 aromatic heterocycles. The number of hydrogen-bond donors (Lipinski definition) is 3. The second kappa shape index (κ2) is 14.0. The van der Waals surface area contributed by atoms with Crippen LogP contribution in [0.3, 0.4) is 0 Å². The molecule has 0 aliphatic carbocycles. The summed E-state index contributed by atoms with van der Waals surface area (Å²) in [6, 6.07) is 19.1. The molecular formula is C27H39O4P. The molecule has 3 rings (SSSR count). The Kier molecular flexibility index (Phi) is 13.0. The van der Waals surface area contributed by atoms with E-state index in [9.17, 15) is 0 Å². The zero-order valence-electron chi connectivity index (χ0n) is 20.9. The van der Waals surface area contributed by atoms with Gasteiger partial charge in [0.15, 0.2) is 0 Å². The van der Waals surface area contributed by atoms with Gasteiger partial charge in [-0.2, -0.15) is 0 Å². The summed E-state index contributed by atoms with van der Waals surface area (Å²) in [5, 5.41) is 0. The molecule has 32 heavy (non-hydrogen) atoms. The maximum atomic E-state index is 8.88. The minimum absolute atomic E-state index is 1.38. The molecule has 176 valence electrons. The molecule has 0 saturated carbocycles. The first kappa shape index (κ1) is 29.8. The summed E-state index contributed by atoms with van der Waals surface area (Å²) in [6.07, 6.45) is 0. The average molecular weight is 459 g/mol. The highest BCUT2D eigenvalue weighted by atomic mass is 31.2. The van der Waals surface area contributed by atoms with E-state index in [0.717, 1.165) is 0 Å². The third-order valence-electron chi connectivity index (χ3n) is 5.63. The molecule has 0 radical (unpaired) electrons. The van der Waals surface area contributed by atoms with E-state index in [4.69, 9.17) is 19.2 Å². The lowest BCUT2D eigenvalue weighted by molar-refractivity contribution is 0.275. The van der Waals surface area contributed by atoms with Crippen LogP contribution in [0.4, 0.5) is 0 Å². The van der Waals surface area contributed by atoms with Gasteiger partial charge in [0.05, 0.1) is 0 Å². The Morgan fingerprint density at radius 1 is 0.438 bits per heavy atom. The van der Waals surface area contributed by atoms with E-state index in [-0.39, 0.29) is 0 Å². The van der Waals surface area contributed by atoms with Crippen molar-refractivity contribution in [3.05, 3.63) is 105 Å². The van der Waals surface area contributed by atoms with Crippen molar-refractivity contribution in [2.45, 2.75) is 62.3 Å². The van der Waals surface area contributed by atoms with Crippen LogP contribution in [0.2, 0.25) is 0 Å². The fourth-order valence-electron chi connectivity index (χ4n) is 2.69. The first-order chi connectivity index (χ1) is 14.6. The molecule has 0 aliphatic heterocycles. The second-order valence-corrected chi connectivity index (χ2v) is 9.09. The minimum atomic E-state index is -4.64. The van der Waals surface area contributed by atoms with Crippen molar-refractivity contribution < 1.29 is 19.2 Å². The summed E-state index contributed by atoms with van der Waals surface area (Å²) in [4.78, 5) is 21.6. The van der Waals surface area contributed by atoms with Crippen LogP contribution in [-0.4, -0.2) is 14.7 Å². The van der Waals surface area contributed by atoms with Gasteiger partial charge < -0.3 is 14.7 Å². The summed E-state index contributed by atoms with van der Waals surface area (Å²) in [5.41, 5.74) is 12.5. The Labute approximate surface area is 194 Å². The minimum Gasteiger partial charge on any atom is -0.303 e. The van der Waals surface area contributed by atoms with E-state index >= 15 is 0 Å². The zero-order valence-corrected chi connectivity index (χ0v) is 21.8. The molecule has 5 heteroatoms. The number of aryl methyl sites for hydroxylation is 6. The number of rotatable bonds is 0. The molecule has 0 saturated heterocycles. The lowest BCUT2D eigenvalue weighted by Crippen LogP contribution is -1.82. The van der Waals surface area contributed by atoms with Crippen LogP contribution in [0.1, 0.15) is 50.1 Å². The summed E-state index contributed by atoms with van der Waals surface area (Å²) in [7, 11) is -4.64. The van der Waals surface area contributed by atoms with Crippen LogP contribution < -0.4 is 0 Å². The maximum absolute atomic E-state index is 8.88. The first-order valence-electron chi connectivity index (χ1n) is 10.5. The van der Waals surface area contributed by atoms with Crippen LogP contribution in [0.5, 0.6) is 0 Å². The highest BCUT2D eigenvalue weighted by molar-refractivity contribution is 7.45. The van der Waals surface area contributed by atoms with E-state index in [1.807, 2.05) is 0 Å². The number of benzene rings is 3. The smallest absolute Gasteiger partial charge is 0.303 e. The topological polar surface area (TPSA) is 77.8 Å². The van der Waals surface area contributed by atoms with E-state index < -0.39 is 7.82 Å². The molecule has 0 bridgehead atoms. The SMILES string of the molecule is Cc1cccc(C)c1C.Cc1cccc(C)c1C.Cc1cccc(C)c1C.O=P(O)(O)O. The second-order valence-electron chi connectivity index (χ2n) is 8.06. The lowest BCUT2D eigenvalue weighted by atomic mass is 10.1. The van der Waals surface area contributed by atoms with Crippen molar-refractivity contribution in [1.29, 1.82) is 0 Å². The van der Waals surface area contributed by atoms with E-state index in [1.165, 1.54) is 50.1 Å². The van der Waals surface area contributed by atoms with Crippen LogP contribution in [0, 0.1) is 62.3 Å². The van der Waals surface area contributed by atoms with Gasteiger partial charge in [-0.05, 0) is 112 Å². The molecule has 0 heterocycles. The molecule has 3 aromatic carbocycles. The zero-order chi connectivity index (χ0) is 25.1. The molecule has 0 fully saturated rings. The van der Waals surface area contributed by atoms with Gasteiger partial charge in [0.2, 0.25) is 0 Å². The van der Waals surface area contributed by atoms with Crippen LogP contribution in [0.15, 0.2) is 54.6 Å². The van der Waals surface area contributed by atoms with Crippen molar-refractivity contribution in [3.8, 4) is 0 Å². The van der Waals surface area contributed by atoms with Gasteiger partial charge in [0, 0.05) is 0 Å². The van der Waals surface area contributed by atoms with Crippen molar-refractivity contribution in [2.24, 2.45) is 0 Å². The quantitative estimate of drug-likeness (QED) is 0.320. The lowest BCUT2D eigenvalue weighted by Gasteiger charge is -2.00. The molecule has 3 aromatic rings. The molecule has 0 unspecified atom stereocenters. The van der Waals surface area contributed by atoms with E-state index in [2.05, 4.69) is 117 Å². The maximum Gasteiger partial charge on any atom is 0.466 e. The normalized spacial score (nSPS) is 10.0. The van der Waals surface area contributed by atoms with Crippen LogP contribution >= 0.6 is 7.82 Å². The van der Waals surface area contributed by atoms with Gasteiger partial charge in [-0.15, -0.1) is 0 Å². The van der Waals surface area contributed by atoms with Gasteiger partial charge in [-0.25, -0.2) is 4.57 Å². The molecule has 0 amide bonds. The monoisotopic (exact) mass is 458 g/mol. The third kappa shape index (κ3) is 12.6. The summed E-state index contributed by atoms with van der Waals surface area (Å²) < 4.78 is 8.88. The van der Waals surface area contributed by atoms with E-state index in [1.54, 1.807) is 0 Å². The Bertz CT molecular complexity index is 849. The summed E-state index contributed by atoms with van der Waals surface area (Å²) in [5.74, 6) is 0. The standard InChI is InChI=1S/3C9H12.H3O4P/c3*1-7-5-4-6-8(2)9(7)3;1-5(2,3)4/h3*4-6H,1-3H3;(H3,1,2,3,4). The Hall–Kier alpha value is -2.23. The predicted octanol–water partition coefficient (Wildman–Crippen LogP) is 6.91. The molecule has 0 spiro atoms. The Morgan fingerprint density at radius 2 is 0.562 bits per heavy atom. The molecule has 0 aliphatic rings. The fraction of sp³-hybridized carbons (Fsp3) is 0.333. The highest BCUT2D eigenvalue weighted by Gasteiger charge is 2.00. The van der Waals surface area contributed by atoms with Crippen LogP contribution in [-0.2, 0) is 4.57 Å². The largest absolute Gasteiger partial charge is 0.466 e. The van der Waals surface area contributed by atoms with Gasteiger partial charge in [0.25, 0.3) is 0 Å². The number of hydrogen-bond acceptors (Lipinski definition) is 1. The highest BCUT2D eigenvalue weighted by Crippen LogP contribution is 2.25. The average Bonchev–Trinajstić information content (AvgIpc) is 2.68. The van der Waals surface area contributed by atoms with Crippen LogP contribution in [0.25, 0.3) is 0 Å². The predicted molar refractivity (Wildman–Crippen MR) is 136 cm³/mol. The van der Waals surface area contributed by atoms with E-state index in [0.29, 0.717) is 0 Å². The van der Waals surface area contributed by atoms with Crippen molar-refractivity contribution in [3.63, 3.8) is 0 Å². The van der Waals surface area contributed by atoms with Gasteiger partial charge in [-0.1, -0.05) is 54.6 Å². The first-order valence-corrected chi connectivity index (χ1v) is 12.1. The van der Waals surface area contributed by atoms with Crippen molar-refractivity contribution in [2.75, 3.05) is 0 Å². The molecule has 4 nitrogen and oxygen atoms in total. The Morgan fingerprint density at radius 3 is 0.656 bits per heavy atom. The summed E-state index contributed by atoms with van der Waals surface area (Å²) >= 11 is 0. The van der Waals surface area contributed by atoms with Gasteiger partial charge in [0.1, 0.15) is 0 Å². The summed E-state index contributed by atoms with van der Waals surface area (Å²) in [6.45, 7) is 19.3. The van der Waals surface area contributed by atoms with Gasteiger partial charge >= 0.3 is 7.82 Å². The van der Waals surface area contributed by atoms with Crippen molar-refractivity contribution in [1.82, 2.24) is 0 Å². The molecule has 0 atom stereocenters.